The van der Waals surface area contributed by atoms with E-state index in [0.29, 0.717) is 12.1 Å². The summed E-state index contributed by atoms with van der Waals surface area (Å²) in [6, 6.07) is 7.05. The molecule has 0 fully saturated rings. The van der Waals surface area contributed by atoms with Crippen molar-refractivity contribution in [2.75, 3.05) is 18.5 Å². The predicted molar refractivity (Wildman–Crippen MR) is 68.9 cm³/mol. The third kappa shape index (κ3) is 3.75. The van der Waals surface area contributed by atoms with E-state index in [-0.39, 0.29) is 12.0 Å². The minimum absolute atomic E-state index is 0.131. The van der Waals surface area contributed by atoms with Gasteiger partial charge in [-0.15, -0.1) is 0 Å². The van der Waals surface area contributed by atoms with Crippen LogP contribution in [0.15, 0.2) is 24.3 Å². The molecule has 1 aromatic rings. The van der Waals surface area contributed by atoms with Gasteiger partial charge in [0.2, 0.25) is 5.91 Å². The lowest BCUT2D eigenvalue weighted by Crippen LogP contribution is -2.29. The topological polar surface area (TPSA) is 75.3 Å². The first-order valence-corrected chi connectivity index (χ1v) is 5.75. The number of aliphatic hydroxyl groups is 1. The summed E-state index contributed by atoms with van der Waals surface area (Å²) in [7, 11) is 0. The zero-order chi connectivity index (χ0) is 12.9. The number of hydrogen-bond acceptors (Lipinski definition) is 3. The molecule has 1 unspecified atom stereocenters. The Kier molecular flexibility index (Phi) is 4.52. The molecule has 17 heavy (non-hydrogen) atoms. The molecular weight excluding hydrogens is 216 g/mol. The Labute approximate surface area is 102 Å². The second-order valence-corrected chi connectivity index (χ2v) is 4.62. The molecule has 0 bridgehead atoms. The molecule has 0 aliphatic heterocycles. The van der Waals surface area contributed by atoms with Crippen molar-refractivity contribution in [1.82, 2.24) is 0 Å². The molecule has 4 heteroatoms. The second-order valence-electron chi connectivity index (χ2n) is 4.62. The number of aliphatic hydroxyl groups excluding tert-OH is 1. The molecule has 0 aliphatic rings. The maximum absolute atomic E-state index is 11.0. The number of amides is 1. The van der Waals surface area contributed by atoms with E-state index >= 15 is 0 Å². The fraction of sp³-hybridized carbons (Fsp3) is 0.462. The van der Waals surface area contributed by atoms with Gasteiger partial charge in [-0.25, -0.2) is 0 Å². The van der Waals surface area contributed by atoms with Crippen LogP contribution in [0.4, 0.5) is 5.69 Å². The van der Waals surface area contributed by atoms with Crippen molar-refractivity contribution in [3.8, 4) is 0 Å². The van der Waals surface area contributed by atoms with Crippen molar-refractivity contribution in [3.05, 3.63) is 29.8 Å². The summed E-state index contributed by atoms with van der Waals surface area (Å²) < 4.78 is 0. The highest BCUT2D eigenvalue weighted by Gasteiger charge is 2.20. The van der Waals surface area contributed by atoms with Gasteiger partial charge in [0.1, 0.15) is 0 Å². The predicted octanol–water partition coefficient (Wildman–Crippen LogP) is 1.61. The largest absolute Gasteiger partial charge is 0.396 e. The monoisotopic (exact) mass is 236 g/mol. The number of benzene rings is 1. The molecule has 1 atom stereocenters. The number of primary amides is 1. The fourth-order valence-electron chi connectivity index (χ4n) is 1.39. The molecule has 94 valence electrons. The van der Waals surface area contributed by atoms with E-state index in [1.165, 1.54) is 0 Å². The van der Waals surface area contributed by atoms with Crippen LogP contribution in [0.2, 0.25) is 0 Å². The smallest absolute Gasteiger partial charge is 0.248 e. The van der Waals surface area contributed by atoms with Gasteiger partial charge in [0.05, 0.1) is 6.61 Å². The van der Waals surface area contributed by atoms with E-state index in [9.17, 15) is 9.90 Å². The van der Waals surface area contributed by atoms with Crippen molar-refractivity contribution in [1.29, 1.82) is 0 Å². The Morgan fingerprint density at radius 1 is 1.53 bits per heavy atom. The Balaban J connectivity index is 2.69. The first kappa shape index (κ1) is 13.5. The van der Waals surface area contributed by atoms with Gasteiger partial charge >= 0.3 is 0 Å². The van der Waals surface area contributed by atoms with Crippen molar-refractivity contribution in [2.24, 2.45) is 11.1 Å². The molecule has 1 rings (SSSR count). The van der Waals surface area contributed by atoms with Crippen molar-refractivity contribution in [2.45, 2.75) is 20.3 Å². The minimum atomic E-state index is -0.436. The average molecular weight is 236 g/mol. The molecule has 0 aromatic heterocycles. The van der Waals surface area contributed by atoms with Crippen LogP contribution in [-0.2, 0) is 0 Å². The highest BCUT2D eigenvalue weighted by atomic mass is 16.3. The number of carbonyl (C=O) groups is 1. The lowest BCUT2D eigenvalue weighted by Gasteiger charge is -2.26. The summed E-state index contributed by atoms with van der Waals surface area (Å²) in [5.41, 5.74) is 6.39. The number of hydrogen-bond donors (Lipinski definition) is 3. The van der Waals surface area contributed by atoms with Crippen LogP contribution in [-0.4, -0.2) is 24.2 Å². The SMILES string of the molecule is CCC(C)(CO)CNc1cccc(C(N)=O)c1. The quantitative estimate of drug-likeness (QED) is 0.702. The molecule has 0 aliphatic carbocycles. The molecule has 0 saturated heterocycles. The van der Waals surface area contributed by atoms with Gasteiger partial charge in [0.15, 0.2) is 0 Å². The van der Waals surface area contributed by atoms with E-state index in [4.69, 9.17) is 5.73 Å². The van der Waals surface area contributed by atoms with Crippen molar-refractivity contribution >= 4 is 11.6 Å². The summed E-state index contributed by atoms with van der Waals surface area (Å²) in [5.74, 6) is -0.436. The van der Waals surface area contributed by atoms with Gasteiger partial charge in [-0.3, -0.25) is 4.79 Å². The van der Waals surface area contributed by atoms with Crippen LogP contribution in [0.1, 0.15) is 30.6 Å². The molecule has 1 aromatic carbocycles. The number of nitrogens with two attached hydrogens (primary N) is 1. The third-order valence-corrected chi connectivity index (χ3v) is 3.10. The summed E-state index contributed by atoms with van der Waals surface area (Å²) >= 11 is 0. The average Bonchev–Trinajstić information content (AvgIpc) is 2.36. The molecule has 4 N–H and O–H groups in total. The number of carbonyl (C=O) groups excluding carboxylic acids is 1. The Hall–Kier alpha value is -1.55. The van der Waals surface area contributed by atoms with Gasteiger partial charge in [0.25, 0.3) is 0 Å². The van der Waals surface area contributed by atoms with Crippen LogP contribution in [0.3, 0.4) is 0 Å². The molecule has 0 spiro atoms. The van der Waals surface area contributed by atoms with Gasteiger partial charge in [-0.2, -0.15) is 0 Å². The highest BCUT2D eigenvalue weighted by Crippen LogP contribution is 2.21. The lowest BCUT2D eigenvalue weighted by atomic mass is 9.88. The molecule has 4 nitrogen and oxygen atoms in total. The van der Waals surface area contributed by atoms with Crippen LogP contribution in [0, 0.1) is 5.41 Å². The normalized spacial score (nSPS) is 14.1. The lowest BCUT2D eigenvalue weighted by molar-refractivity contribution is 0.100. The van der Waals surface area contributed by atoms with Crippen LogP contribution in [0.5, 0.6) is 0 Å². The third-order valence-electron chi connectivity index (χ3n) is 3.10. The Morgan fingerprint density at radius 3 is 2.76 bits per heavy atom. The summed E-state index contributed by atoms with van der Waals surface area (Å²) in [4.78, 5) is 11.0. The molecule has 1 amide bonds. The second kappa shape index (κ2) is 5.68. The standard InChI is InChI=1S/C13H20N2O2/c1-3-13(2,9-16)8-15-11-6-4-5-10(7-11)12(14)17/h4-7,15-16H,3,8-9H2,1-2H3,(H2,14,17). The zero-order valence-electron chi connectivity index (χ0n) is 10.4. The maximum atomic E-state index is 11.0. The van der Waals surface area contributed by atoms with E-state index in [2.05, 4.69) is 5.32 Å². The van der Waals surface area contributed by atoms with E-state index < -0.39 is 5.91 Å². The molecule has 0 heterocycles. The highest BCUT2D eigenvalue weighted by molar-refractivity contribution is 5.93. The van der Waals surface area contributed by atoms with E-state index in [1.54, 1.807) is 18.2 Å². The minimum Gasteiger partial charge on any atom is -0.396 e. The zero-order valence-corrected chi connectivity index (χ0v) is 10.4. The van der Waals surface area contributed by atoms with Gasteiger partial charge in [0, 0.05) is 23.2 Å². The maximum Gasteiger partial charge on any atom is 0.248 e. The summed E-state index contributed by atoms with van der Waals surface area (Å²) in [6.07, 6.45) is 0.881. The van der Waals surface area contributed by atoms with Gasteiger partial charge in [-0.1, -0.05) is 19.9 Å². The Morgan fingerprint density at radius 2 is 2.24 bits per heavy atom. The number of nitrogens with one attached hydrogen (secondary N) is 1. The molecule has 0 saturated carbocycles. The summed E-state index contributed by atoms with van der Waals surface area (Å²) in [5, 5.41) is 12.5. The van der Waals surface area contributed by atoms with Crippen molar-refractivity contribution in [3.63, 3.8) is 0 Å². The van der Waals surface area contributed by atoms with Gasteiger partial charge < -0.3 is 16.2 Å². The van der Waals surface area contributed by atoms with Crippen LogP contribution in [0.25, 0.3) is 0 Å². The number of anilines is 1. The Bertz CT molecular complexity index is 387. The first-order valence-electron chi connectivity index (χ1n) is 5.75. The first-order chi connectivity index (χ1) is 8.00. The van der Waals surface area contributed by atoms with Crippen molar-refractivity contribution < 1.29 is 9.90 Å². The fourth-order valence-corrected chi connectivity index (χ4v) is 1.39. The van der Waals surface area contributed by atoms with Crippen LogP contribution < -0.4 is 11.1 Å². The molecular formula is C13H20N2O2. The van der Waals surface area contributed by atoms with Gasteiger partial charge in [-0.05, 0) is 24.6 Å². The molecule has 0 radical (unpaired) electrons. The van der Waals surface area contributed by atoms with E-state index in [1.807, 2.05) is 19.9 Å². The van der Waals surface area contributed by atoms with Crippen LogP contribution >= 0.6 is 0 Å². The number of rotatable bonds is 6. The van der Waals surface area contributed by atoms with E-state index in [0.717, 1.165) is 12.1 Å². The summed E-state index contributed by atoms with van der Waals surface area (Å²) in [6.45, 7) is 4.84.